The summed E-state index contributed by atoms with van der Waals surface area (Å²) in [5.74, 6) is -0.968. The third-order valence-electron chi connectivity index (χ3n) is 3.77. The van der Waals surface area contributed by atoms with Gasteiger partial charge in [0.2, 0.25) is 0 Å². The molecule has 3 N–H and O–H groups in total. The minimum absolute atomic E-state index is 0.0908. The standard InChI is InChI=1S/C18H19NO3S/c19-16(13-6-8-14(9-7-13)18(21)22)17(20)15(11-23)10-12-4-2-1-3-5-12/h1-9,15-16,23H,10-11,19H2,(H,21,22). The molecule has 0 saturated carbocycles. The van der Waals surface area contributed by atoms with Crippen LogP contribution in [0.4, 0.5) is 0 Å². The zero-order chi connectivity index (χ0) is 16.8. The van der Waals surface area contributed by atoms with Crippen molar-refractivity contribution in [3.05, 3.63) is 71.3 Å². The van der Waals surface area contributed by atoms with Gasteiger partial charge in [0, 0.05) is 11.7 Å². The molecule has 2 unspecified atom stereocenters. The van der Waals surface area contributed by atoms with E-state index in [1.165, 1.54) is 12.1 Å². The lowest BCUT2D eigenvalue weighted by Crippen LogP contribution is -2.30. The lowest BCUT2D eigenvalue weighted by Gasteiger charge is -2.19. The molecule has 0 saturated heterocycles. The van der Waals surface area contributed by atoms with Crippen LogP contribution < -0.4 is 5.73 Å². The Labute approximate surface area is 140 Å². The smallest absolute Gasteiger partial charge is 0.335 e. The Bertz CT molecular complexity index is 670. The Morgan fingerprint density at radius 2 is 1.65 bits per heavy atom. The van der Waals surface area contributed by atoms with Gasteiger partial charge in [0.1, 0.15) is 0 Å². The first-order valence-electron chi connectivity index (χ1n) is 7.30. The average molecular weight is 329 g/mol. The van der Waals surface area contributed by atoms with Gasteiger partial charge in [-0.3, -0.25) is 4.79 Å². The summed E-state index contributed by atoms with van der Waals surface area (Å²) in [7, 11) is 0. The number of aromatic carboxylic acids is 1. The van der Waals surface area contributed by atoms with Crippen LogP contribution >= 0.6 is 12.6 Å². The molecule has 0 bridgehead atoms. The predicted octanol–water partition coefficient (Wildman–Crippen LogP) is 2.74. The first-order chi connectivity index (χ1) is 11.0. The molecule has 0 amide bonds. The normalized spacial score (nSPS) is 13.3. The van der Waals surface area contributed by atoms with Crippen molar-refractivity contribution in [3.8, 4) is 0 Å². The molecule has 0 fully saturated rings. The number of carbonyl (C=O) groups is 2. The Morgan fingerprint density at radius 3 is 2.17 bits per heavy atom. The highest BCUT2D eigenvalue weighted by atomic mass is 32.1. The van der Waals surface area contributed by atoms with E-state index in [9.17, 15) is 9.59 Å². The number of thiol groups is 1. The van der Waals surface area contributed by atoms with E-state index in [0.29, 0.717) is 17.7 Å². The van der Waals surface area contributed by atoms with E-state index in [1.54, 1.807) is 12.1 Å². The molecule has 0 radical (unpaired) electrons. The molecule has 0 spiro atoms. The van der Waals surface area contributed by atoms with Gasteiger partial charge in [-0.2, -0.15) is 12.6 Å². The summed E-state index contributed by atoms with van der Waals surface area (Å²) in [4.78, 5) is 23.5. The summed E-state index contributed by atoms with van der Waals surface area (Å²) < 4.78 is 0. The number of carbonyl (C=O) groups excluding carboxylic acids is 1. The fraction of sp³-hybridized carbons (Fsp3) is 0.222. The zero-order valence-electron chi connectivity index (χ0n) is 12.6. The molecule has 0 aromatic heterocycles. The molecule has 0 aliphatic carbocycles. The lowest BCUT2D eigenvalue weighted by molar-refractivity contribution is -0.123. The van der Waals surface area contributed by atoms with Crippen LogP contribution in [0.3, 0.4) is 0 Å². The fourth-order valence-corrected chi connectivity index (χ4v) is 2.71. The van der Waals surface area contributed by atoms with Gasteiger partial charge in [-0.1, -0.05) is 42.5 Å². The molecular formula is C18H19NO3S. The van der Waals surface area contributed by atoms with Gasteiger partial charge in [0.15, 0.2) is 5.78 Å². The molecule has 0 aliphatic heterocycles. The number of hydrogen-bond acceptors (Lipinski definition) is 4. The number of carboxylic acid groups (broad SMARTS) is 1. The van der Waals surface area contributed by atoms with Crippen molar-refractivity contribution in [2.24, 2.45) is 11.7 Å². The van der Waals surface area contributed by atoms with Gasteiger partial charge < -0.3 is 10.8 Å². The van der Waals surface area contributed by atoms with Crippen LogP contribution in [0.1, 0.15) is 27.5 Å². The molecule has 2 rings (SSSR count). The van der Waals surface area contributed by atoms with Gasteiger partial charge in [-0.05, 0) is 29.7 Å². The quantitative estimate of drug-likeness (QED) is 0.682. The fourth-order valence-electron chi connectivity index (χ4n) is 2.40. The second-order valence-corrected chi connectivity index (χ2v) is 5.74. The third-order valence-corrected chi connectivity index (χ3v) is 4.21. The minimum atomic E-state index is -1.01. The Balaban J connectivity index is 2.11. The van der Waals surface area contributed by atoms with E-state index in [4.69, 9.17) is 10.8 Å². The van der Waals surface area contributed by atoms with Crippen molar-refractivity contribution in [2.45, 2.75) is 12.5 Å². The van der Waals surface area contributed by atoms with E-state index in [2.05, 4.69) is 12.6 Å². The molecule has 0 heterocycles. The van der Waals surface area contributed by atoms with E-state index in [1.807, 2.05) is 30.3 Å². The second kappa shape index (κ2) is 7.94. The predicted molar refractivity (Wildman–Crippen MR) is 92.8 cm³/mol. The van der Waals surface area contributed by atoms with Crippen molar-refractivity contribution in [3.63, 3.8) is 0 Å². The van der Waals surface area contributed by atoms with E-state index >= 15 is 0 Å². The minimum Gasteiger partial charge on any atom is -0.478 e. The maximum atomic E-state index is 12.6. The van der Waals surface area contributed by atoms with Crippen LogP contribution in [0.25, 0.3) is 0 Å². The Morgan fingerprint density at radius 1 is 1.04 bits per heavy atom. The highest BCUT2D eigenvalue weighted by Gasteiger charge is 2.24. The van der Waals surface area contributed by atoms with Crippen LogP contribution in [0, 0.1) is 5.92 Å². The van der Waals surface area contributed by atoms with Gasteiger partial charge in [0.25, 0.3) is 0 Å². The number of benzene rings is 2. The van der Waals surface area contributed by atoms with Gasteiger partial charge >= 0.3 is 5.97 Å². The van der Waals surface area contributed by atoms with Crippen LogP contribution in [-0.2, 0) is 11.2 Å². The van der Waals surface area contributed by atoms with Crippen LogP contribution in [0.2, 0.25) is 0 Å². The van der Waals surface area contributed by atoms with E-state index < -0.39 is 12.0 Å². The maximum absolute atomic E-state index is 12.6. The molecule has 2 atom stereocenters. The summed E-state index contributed by atoms with van der Waals surface area (Å²) in [6.45, 7) is 0. The van der Waals surface area contributed by atoms with Gasteiger partial charge in [-0.25, -0.2) is 4.79 Å². The van der Waals surface area contributed by atoms with Crippen molar-refractivity contribution in [1.29, 1.82) is 0 Å². The van der Waals surface area contributed by atoms with Crippen molar-refractivity contribution in [1.82, 2.24) is 0 Å². The van der Waals surface area contributed by atoms with Crippen LogP contribution in [-0.4, -0.2) is 22.6 Å². The lowest BCUT2D eigenvalue weighted by atomic mass is 9.90. The van der Waals surface area contributed by atoms with Crippen LogP contribution in [0.15, 0.2) is 54.6 Å². The summed E-state index contributed by atoms with van der Waals surface area (Å²) in [6.07, 6.45) is 0.587. The summed E-state index contributed by atoms with van der Waals surface area (Å²) in [5, 5.41) is 8.91. The summed E-state index contributed by atoms with van der Waals surface area (Å²) >= 11 is 4.28. The zero-order valence-corrected chi connectivity index (χ0v) is 13.4. The average Bonchev–Trinajstić information content (AvgIpc) is 2.59. The molecule has 5 heteroatoms. The number of rotatable bonds is 7. The maximum Gasteiger partial charge on any atom is 0.335 e. The number of ketones is 1. The number of Topliss-reactive ketones (excluding diaryl/α,β-unsaturated/α-hetero) is 1. The third kappa shape index (κ3) is 4.43. The largest absolute Gasteiger partial charge is 0.478 e. The molecule has 0 aliphatic rings. The molecular weight excluding hydrogens is 310 g/mol. The first-order valence-corrected chi connectivity index (χ1v) is 7.93. The summed E-state index contributed by atoms with van der Waals surface area (Å²) in [5.41, 5.74) is 7.91. The monoisotopic (exact) mass is 329 g/mol. The number of hydrogen-bond donors (Lipinski definition) is 3. The van der Waals surface area contributed by atoms with Gasteiger partial charge in [0.05, 0.1) is 11.6 Å². The molecule has 2 aromatic carbocycles. The SMILES string of the molecule is NC(C(=O)C(CS)Cc1ccccc1)c1ccc(C(=O)O)cc1. The highest BCUT2D eigenvalue weighted by Crippen LogP contribution is 2.20. The van der Waals surface area contributed by atoms with Crippen molar-refractivity contribution in [2.75, 3.05) is 5.75 Å². The molecule has 4 nitrogen and oxygen atoms in total. The Kier molecular flexibility index (Phi) is 5.96. The van der Waals surface area contributed by atoms with E-state index in [-0.39, 0.29) is 17.3 Å². The molecule has 120 valence electrons. The summed E-state index contributed by atoms with van der Waals surface area (Å²) in [6, 6.07) is 15.0. The number of carboxylic acids is 1. The van der Waals surface area contributed by atoms with Crippen molar-refractivity contribution >= 4 is 24.4 Å². The topological polar surface area (TPSA) is 80.4 Å². The second-order valence-electron chi connectivity index (χ2n) is 5.38. The first kappa shape index (κ1) is 17.2. The van der Waals surface area contributed by atoms with E-state index in [0.717, 1.165) is 5.56 Å². The van der Waals surface area contributed by atoms with Gasteiger partial charge in [-0.15, -0.1) is 0 Å². The Hall–Kier alpha value is -2.11. The number of nitrogens with two attached hydrogens (primary N) is 1. The molecule has 2 aromatic rings. The highest BCUT2D eigenvalue weighted by molar-refractivity contribution is 7.80. The van der Waals surface area contributed by atoms with Crippen molar-refractivity contribution < 1.29 is 14.7 Å². The molecule has 23 heavy (non-hydrogen) atoms. The van der Waals surface area contributed by atoms with Crippen LogP contribution in [0.5, 0.6) is 0 Å².